The van der Waals surface area contributed by atoms with E-state index in [0.717, 1.165) is 61.2 Å². The van der Waals surface area contributed by atoms with Crippen LogP contribution in [-0.2, 0) is 9.59 Å². The van der Waals surface area contributed by atoms with Gasteiger partial charge in [-0.25, -0.2) is 9.67 Å². The first-order valence-electron chi connectivity index (χ1n) is 14.2. The van der Waals surface area contributed by atoms with Crippen LogP contribution in [0.4, 0.5) is 0 Å². The molecule has 1 unspecified atom stereocenters. The maximum atomic E-state index is 13.9. The SMILES string of the molecule is CC(C)(C)C(C(=O)N1C[C@H](O)C[C@H]1C(=O)N[C@H]1CC[C@H](c2nc3ccccc3o2)CC1)n1cc(C2CC2)nn1. The molecule has 2 saturated carbocycles. The van der Waals surface area contributed by atoms with Crippen molar-refractivity contribution in [3.05, 3.63) is 42.0 Å². The maximum Gasteiger partial charge on any atom is 0.248 e. The molecule has 1 saturated heterocycles. The van der Waals surface area contributed by atoms with Gasteiger partial charge in [-0.3, -0.25) is 9.59 Å². The van der Waals surface area contributed by atoms with Crippen molar-refractivity contribution in [1.29, 1.82) is 0 Å². The summed E-state index contributed by atoms with van der Waals surface area (Å²) in [6, 6.07) is 6.47. The number of fused-ring (bicyclic) bond motifs is 1. The van der Waals surface area contributed by atoms with E-state index in [4.69, 9.17) is 4.42 Å². The minimum atomic E-state index is -0.738. The summed E-state index contributed by atoms with van der Waals surface area (Å²) in [5.41, 5.74) is 2.14. The van der Waals surface area contributed by atoms with E-state index < -0.39 is 23.6 Å². The smallest absolute Gasteiger partial charge is 0.248 e. The minimum absolute atomic E-state index is 0.0163. The van der Waals surface area contributed by atoms with E-state index in [0.29, 0.717) is 5.92 Å². The van der Waals surface area contributed by atoms with Gasteiger partial charge < -0.3 is 19.7 Å². The number of hydrogen-bond acceptors (Lipinski definition) is 7. The van der Waals surface area contributed by atoms with Crippen LogP contribution >= 0.6 is 0 Å². The normalized spacial score (nSPS) is 26.6. The predicted molar refractivity (Wildman–Crippen MR) is 144 cm³/mol. The van der Waals surface area contributed by atoms with Gasteiger partial charge in [-0.15, -0.1) is 5.10 Å². The number of nitrogens with one attached hydrogen (secondary N) is 1. The Kier molecular flexibility index (Phi) is 6.69. The fourth-order valence-electron chi connectivity index (χ4n) is 6.17. The van der Waals surface area contributed by atoms with Crippen LogP contribution in [0.15, 0.2) is 34.9 Å². The maximum absolute atomic E-state index is 13.9. The molecule has 10 nitrogen and oxygen atoms in total. The summed E-state index contributed by atoms with van der Waals surface area (Å²) in [4.78, 5) is 33.6. The van der Waals surface area contributed by atoms with Crippen LogP contribution < -0.4 is 5.32 Å². The zero-order valence-corrected chi connectivity index (χ0v) is 22.9. The highest BCUT2D eigenvalue weighted by molar-refractivity contribution is 5.90. The summed E-state index contributed by atoms with van der Waals surface area (Å²) in [7, 11) is 0. The van der Waals surface area contributed by atoms with Crippen LogP contribution in [0.2, 0.25) is 0 Å². The van der Waals surface area contributed by atoms with Crippen LogP contribution in [-0.4, -0.2) is 66.5 Å². The molecular weight excluding hydrogens is 496 g/mol. The number of rotatable bonds is 6. The van der Waals surface area contributed by atoms with Gasteiger partial charge in [0.05, 0.1) is 11.8 Å². The van der Waals surface area contributed by atoms with Gasteiger partial charge in [-0.05, 0) is 56.1 Å². The molecule has 1 aliphatic heterocycles. The fourth-order valence-corrected chi connectivity index (χ4v) is 6.17. The lowest BCUT2D eigenvalue weighted by Crippen LogP contribution is -2.52. The van der Waals surface area contributed by atoms with E-state index in [9.17, 15) is 14.7 Å². The van der Waals surface area contributed by atoms with E-state index >= 15 is 0 Å². The number of aromatic nitrogens is 4. The molecule has 39 heavy (non-hydrogen) atoms. The van der Waals surface area contributed by atoms with Crippen LogP contribution in [0.1, 0.15) is 95.2 Å². The molecule has 2 N–H and O–H groups in total. The average Bonchev–Trinajstić information content (AvgIpc) is 3.29. The largest absolute Gasteiger partial charge is 0.440 e. The highest BCUT2D eigenvalue weighted by Crippen LogP contribution is 2.40. The van der Waals surface area contributed by atoms with E-state index in [2.05, 4.69) is 20.6 Å². The van der Waals surface area contributed by atoms with Gasteiger partial charge in [-0.2, -0.15) is 0 Å². The van der Waals surface area contributed by atoms with Crippen molar-refractivity contribution >= 4 is 22.9 Å². The molecule has 3 aliphatic rings. The number of β-amino-alcohol motifs (C(OH)–C–C–N with tert-alkyl or cyclic N) is 1. The zero-order chi connectivity index (χ0) is 27.3. The molecule has 6 rings (SSSR count). The summed E-state index contributed by atoms with van der Waals surface area (Å²) < 4.78 is 7.64. The predicted octanol–water partition coefficient (Wildman–Crippen LogP) is 3.69. The Hall–Kier alpha value is -3.27. The third kappa shape index (κ3) is 5.31. The van der Waals surface area contributed by atoms with Crippen LogP contribution in [0.3, 0.4) is 0 Å². The molecule has 0 bridgehead atoms. The molecule has 3 heterocycles. The highest BCUT2D eigenvalue weighted by Gasteiger charge is 2.46. The molecule has 0 radical (unpaired) electrons. The first-order valence-corrected chi connectivity index (χ1v) is 14.2. The number of carbonyl (C=O) groups is 2. The minimum Gasteiger partial charge on any atom is -0.440 e. The van der Waals surface area contributed by atoms with Crippen molar-refractivity contribution in [2.75, 3.05) is 6.54 Å². The number of aliphatic hydroxyl groups excluding tert-OH is 1. The van der Waals surface area contributed by atoms with E-state index in [1.165, 1.54) is 0 Å². The van der Waals surface area contributed by atoms with Crippen LogP contribution in [0, 0.1) is 5.41 Å². The van der Waals surface area contributed by atoms with E-state index in [1.807, 2.05) is 51.2 Å². The van der Waals surface area contributed by atoms with Crippen molar-refractivity contribution in [3.63, 3.8) is 0 Å². The third-order valence-electron chi connectivity index (χ3n) is 8.44. The molecule has 2 aliphatic carbocycles. The number of amides is 2. The molecule has 2 aromatic heterocycles. The number of para-hydroxylation sites is 2. The second-order valence-corrected chi connectivity index (χ2v) is 12.6. The molecule has 3 aromatic rings. The lowest BCUT2D eigenvalue weighted by Gasteiger charge is -2.35. The summed E-state index contributed by atoms with van der Waals surface area (Å²) >= 11 is 0. The Morgan fingerprint density at radius 1 is 1.08 bits per heavy atom. The first kappa shape index (κ1) is 26.0. The first-order chi connectivity index (χ1) is 18.7. The van der Waals surface area contributed by atoms with Crippen molar-refractivity contribution in [2.45, 2.75) is 102 Å². The van der Waals surface area contributed by atoms with Crippen molar-refractivity contribution < 1.29 is 19.1 Å². The number of likely N-dealkylation sites (tertiary alicyclic amines) is 1. The van der Waals surface area contributed by atoms with Gasteiger partial charge in [0, 0.05) is 37.0 Å². The highest BCUT2D eigenvalue weighted by atomic mass is 16.3. The third-order valence-corrected chi connectivity index (χ3v) is 8.44. The number of hydrogen-bond donors (Lipinski definition) is 2. The fraction of sp³-hybridized carbons (Fsp3) is 0.621. The Bertz CT molecular complexity index is 1310. The van der Waals surface area contributed by atoms with Gasteiger partial charge in [0.1, 0.15) is 17.6 Å². The van der Waals surface area contributed by atoms with Crippen molar-refractivity contribution in [2.24, 2.45) is 5.41 Å². The summed E-state index contributed by atoms with van der Waals surface area (Å²) in [5.74, 6) is 1.02. The number of benzene rings is 1. The van der Waals surface area contributed by atoms with Crippen molar-refractivity contribution in [1.82, 2.24) is 30.2 Å². The van der Waals surface area contributed by atoms with Crippen LogP contribution in [0.25, 0.3) is 11.1 Å². The zero-order valence-electron chi connectivity index (χ0n) is 22.9. The summed E-state index contributed by atoms with van der Waals surface area (Å²) in [5, 5.41) is 22.3. The number of oxazole rings is 1. The second-order valence-electron chi connectivity index (χ2n) is 12.6. The summed E-state index contributed by atoms with van der Waals surface area (Å²) in [6.07, 6.45) is 6.94. The molecule has 10 heteroatoms. The number of carbonyl (C=O) groups excluding carboxylic acids is 2. The molecule has 0 spiro atoms. The Balaban J connectivity index is 1.11. The molecule has 3 fully saturated rings. The number of aliphatic hydroxyl groups is 1. The van der Waals surface area contributed by atoms with Crippen molar-refractivity contribution in [3.8, 4) is 0 Å². The van der Waals surface area contributed by atoms with Gasteiger partial charge >= 0.3 is 0 Å². The van der Waals surface area contributed by atoms with Gasteiger partial charge in [0.25, 0.3) is 0 Å². The lowest BCUT2D eigenvalue weighted by molar-refractivity contribution is -0.144. The van der Waals surface area contributed by atoms with Crippen LogP contribution in [0.5, 0.6) is 0 Å². The molecular formula is C29H38N6O4. The second kappa shape index (κ2) is 10.0. The molecule has 3 atom stereocenters. The van der Waals surface area contributed by atoms with E-state index in [1.54, 1.807) is 9.58 Å². The topological polar surface area (TPSA) is 126 Å². The molecule has 1 aromatic carbocycles. The van der Waals surface area contributed by atoms with Gasteiger partial charge in [0.15, 0.2) is 11.5 Å². The molecule has 208 valence electrons. The summed E-state index contributed by atoms with van der Waals surface area (Å²) in [6.45, 7) is 6.11. The lowest BCUT2D eigenvalue weighted by atomic mass is 9.85. The Morgan fingerprint density at radius 2 is 1.79 bits per heavy atom. The molecule has 2 amide bonds. The standard InChI is InChI=1S/C29H38N6O4/c1-29(2,3)25(35-16-22(32-33-35)17-8-9-17)28(38)34-15-20(36)14-23(34)26(37)30-19-12-10-18(11-13-19)27-31-21-6-4-5-7-24(21)39-27/h4-7,16-20,23,25,36H,8-15H2,1-3H3,(H,30,37)/t18-,19-,20-,23+,25?/m1/s1. The monoisotopic (exact) mass is 534 g/mol. The van der Waals surface area contributed by atoms with Gasteiger partial charge in [0.2, 0.25) is 11.8 Å². The number of nitrogens with zero attached hydrogens (tertiary/aromatic N) is 5. The Morgan fingerprint density at radius 3 is 2.49 bits per heavy atom. The Labute approximate surface area is 228 Å². The van der Waals surface area contributed by atoms with E-state index in [-0.39, 0.29) is 36.7 Å². The van der Waals surface area contributed by atoms with Gasteiger partial charge in [-0.1, -0.05) is 38.1 Å². The average molecular weight is 535 g/mol. The quantitative estimate of drug-likeness (QED) is 0.494.